The number of ether oxygens (including phenoxy) is 1. The van der Waals surface area contributed by atoms with Crippen LogP contribution in [-0.2, 0) is 9.53 Å². The van der Waals surface area contributed by atoms with Crippen LogP contribution in [0.2, 0.25) is 0 Å². The van der Waals surface area contributed by atoms with Gasteiger partial charge in [0, 0.05) is 14.8 Å². The number of hydrogen-bond acceptors (Lipinski definition) is 2. The Morgan fingerprint density at radius 3 is 2.45 bits per heavy atom. The van der Waals surface area contributed by atoms with E-state index in [1.807, 2.05) is 0 Å². The highest BCUT2D eigenvalue weighted by Gasteiger charge is 2.32. The highest BCUT2D eigenvalue weighted by Crippen LogP contribution is 2.30. The van der Waals surface area contributed by atoms with Crippen LogP contribution in [0.15, 0.2) is 10.1 Å². The van der Waals surface area contributed by atoms with Crippen molar-refractivity contribution in [2.24, 2.45) is 0 Å². The number of carbonyl (C=O) groups is 1. The predicted molar refractivity (Wildman–Crippen MR) is 50.0 cm³/mol. The van der Waals surface area contributed by atoms with Crippen LogP contribution in [0.4, 0.5) is 0 Å². The molecule has 1 aliphatic rings. The maximum absolute atomic E-state index is 10.9. The molecule has 0 saturated heterocycles. The van der Waals surface area contributed by atoms with Crippen molar-refractivity contribution in [3.8, 4) is 0 Å². The normalized spacial score (nSPS) is 27.2. The van der Waals surface area contributed by atoms with E-state index >= 15 is 0 Å². The third kappa shape index (κ3) is 1.70. The largest absolute Gasteiger partial charge is 0.453 e. The second kappa shape index (κ2) is 3.31. The molecule has 1 aliphatic heterocycles. The van der Waals surface area contributed by atoms with Crippen molar-refractivity contribution in [2.75, 3.05) is 0 Å². The van der Waals surface area contributed by atoms with Crippen LogP contribution in [-0.4, -0.2) is 24.6 Å². The van der Waals surface area contributed by atoms with E-state index in [0.717, 1.165) is 4.48 Å². The van der Waals surface area contributed by atoms with E-state index < -0.39 is 0 Å². The number of esters is 1. The Kier molecular flexibility index (Phi) is 2.81. The van der Waals surface area contributed by atoms with Crippen LogP contribution in [0.25, 0.3) is 0 Å². The third-order valence-electron chi connectivity index (χ3n) is 1.44. The van der Waals surface area contributed by atoms with Gasteiger partial charge in [0.05, 0.1) is 7.85 Å². The lowest BCUT2D eigenvalue weighted by Crippen LogP contribution is -2.21. The summed E-state index contributed by atoms with van der Waals surface area (Å²) in [5, 5.41) is 0. The van der Waals surface area contributed by atoms with Crippen molar-refractivity contribution in [3.05, 3.63) is 10.1 Å². The first-order valence-electron chi connectivity index (χ1n) is 3.01. The standard InChI is InChI=1S/C6H5BBr2O2/c1-2-3(8)4(5(7)9)11-6(2)10/h4-5H,1H3. The van der Waals surface area contributed by atoms with E-state index in [2.05, 4.69) is 31.9 Å². The molecule has 0 bridgehead atoms. The minimum absolute atomic E-state index is 0.309. The van der Waals surface area contributed by atoms with Crippen molar-refractivity contribution < 1.29 is 9.53 Å². The minimum Gasteiger partial charge on any atom is -0.453 e. The average molecular weight is 280 g/mol. The van der Waals surface area contributed by atoms with Crippen LogP contribution in [0.1, 0.15) is 6.92 Å². The zero-order valence-electron chi connectivity index (χ0n) is 5.80. The molecule has 58 valence electrons. The molecule has 2 unspecified atom stereocenters. The summed E-state index contributed by atoms with van der Waals surface area (Å²) >= 11 is 6.37. The molecule has 0 aromatic carbocycles. The number of alkyl halides is 1. The van der Waals surface area contributed by atoms with Gasteiger partial charge >= 0.3 is 5.97 Å². The molecule has 0 aromatic rings. The molecular formula is C6H5BBr2O2. The van der Waals surface area contributed by atoms with E-state index in [1.165, 1.54) is 0 Å². The van der Waals surface area contributed by atoms with Gasteiger partial charge in [0.2, 0.25) is 0 Å². The van der Waals surface area contributed by atoms with Crippen LogP contribution in [0.3, 0.4) is 0 Å². The zero-order valence-corrected chi connectivity index (χ0v) is 8.98. The third-order valence-corrected chi connectivity index (χ3v) is 2.96. The Morgan fingerprint density at radius 1 is 1.73 bits per heavy atom. The van der Waals surface area contributed by atoms with E-state index in [0.29, 0.717) is 5.57 Å². The van der Waals surface area contributed by atoms with Crippen LogP contribution >= 0.6 is 31.9 Å². The Balaban J connectivity index is 2.86. The van der Waals surface area contributed by atoms with Gasteiger partial charge in [0.1, 0.15) is 6.10 Å². The molecule has 0 aromatic heterocycles. The van der Waals surface area contributed by atoms with Crippen molar-refractivity contribution in [1.82, 2.24) is 0 Å². The summed E-state index contributed by atoms with van der Waals surface area (Å²) in [5.41, 5.74) is 0.588. The second-order valence-corrected chi connectivity index (χ2v) is 4.15. The Morgan fingerprint density at radius 2 is 2.27 bits per heavy atom. The molecule has 5 heteroatoms. The first-order valence-corrected chi connectivity index (χ1v) is 4.72. The molecule has 0 N–H and O–H groups in total. The summed E-state index contributed by atoms with van der Waals surface area (Å²) in [6.07, 6.45) is -0.373. The molecule has 11 heavy (non-hydrogen) atoms. The van der Waals surface area contributed by atoms with E-state index in [1.54, 1.807) is 6.92 Å². The fourth-order valence-corrected chi connectivity index (χ4v) is 2.04. The summed E-state index contributed by atoms with van der Waals surface area (Å²) in [6.45, 7) is 1.70. The summed E-state index contributed by atoms with van der Waals surface area (Å²) in [7, 11) is 5.49. The summed E-state index contributed by atoms with van der Waals surface area (Å²) in [6, 6.07) is 0. The number of carbonyl (C=O) groups excluding carboxylic acids is 1. The SMILES string of the molecule is [B]C(Br)C1OC(=O)C(C)=C1Br. The minimum atomic E-state index is -0.373. The number of cyclic esters (lactones) is 1. The molecule has 0 saturated carbocycles. The van der Waals surface area contributed by atoms with Gasteiger partial charge in [0.25, 0.3) is 0 Å². The molecule has 2 radical (unpaired) electrons. The highest BCUT2D eigenvalue weighted by molar-refractivity contribution is 9.12. The van der Waals surface area contributed by atoms with Gasteiger partial charge in [-0.1, -0.05) is 31.9 Å². The first-order chi connectivity index (χ1) is 5.04. The molecule has 0 amide bonds. The van der Waals surface area contributed by atoms with Gasteiger partial charge in [-0.05, 0) is 6.92 Å². The molecule has 1 heterocycles. The van der Waals surface area contributed by atoms with E-state index in [4.69, 9.17) is 12.6 Å². The summed E-state index contributed by atoms with van der Waals surface area (Å²) < 4.78 is 5.30. The van der Waals surface area contributed by atoms with E-state index in [9.17, 15) is 4.79 Å². The Hall–Kier alpha value is 0.235. The van der Waals surface area contributed by atoms with Gasteiger partial charge in [-0.2, -0.15) is 0 Å². The Bertz CT molecular complexity index is 225. The quantitative estimate of drug-likeness (QED) is 0.413. The molecule has 0 fully saturated rings. The van der Waals surface area contributed by atoms with Crippen molar-refractivity contribution in [3.63, 3.8) is 0 Å². The average Bonchev–Trinajstić information content (AvgIpc) is 2.17. The van der Waals surface area contributed by atoms with Crippen LogP contribution in [0, 0.1) is 0 Å². The lowest BCUT2D eigenvalue weighted by molar-refractivity contribution is -0.139. The first kappa shape index (κ1) is 9.32. The maximum atomic E-state index is 10.9. The molecule has 2 nitrogen and oxygen atoms in total. The Labute approximate surface area is 83.0 Å². The van der Waals surface area contributed by atoms with Crippen molar-refractivity contribution in [1.29, 1.82) is 0 Å². The molecular weight excluding hydrogens is 275 g/mol. The summed E-state index contributed by atoms with van der Waals surface area (Å²) in [4.78, 5) is 10.9. The predicted octanol–water partition coefficient (Wildman–Crippen LogP) is 1.47. The molecule has 2 atom stereocenters. The fraction of sp³-hybridized carbons (Fsp3) is 0.500. The van der Waals surface area contributed by atoms with E-state index in [-0.39, 0.29) is 16.8 Å². The molecule has 0 aliphatic carbocycles. The van der Waals surface area contributed by atoms with Crippen molar-refractivity contribution in [2.45, 2.75) is 17.8 Å². The lowest BCUT2D eigenvalue weighted by Gasteiger charge is -2.12. The van der Waals surface area contributed by atoms with Crippen LogP contribution < -0.4 is 0 Å². The van der Waals surface area contributed by atoms with Crippen molar-refractivity contribution >= 4 is 45.7 Å². The van der Waals surface area contributed by atoms with Gasteiger partial charge in [-0.25, -0.2) is 4.79 Å². The number of rotatable bonds is 1. The molecule has 0 spiro atoms. The van der Waals surface area contributed by atoms with Gasteiger partial charge in [-0.3, -0.25) is 0 Å². The smallest absolute Gasteiger partial charge is 0.335 e. The van der Waals surface area contributed by atoms with Crippen LogP contribution in [0.5, 0.6) is 0 Å². The molecule has 1 rings (SSSR count). The van der Waals surface area contributed by atoms with Gasteiger partial charge in [0.15, 0.2) is 0 Å². The van der Waals surface area contributed by atoms with Gasteiger partial charge in [-0.15, -0.1) is 0 Å². The zero-order chi connectivity index (χ0) is 8.59. The summed E-state index contributed by atoms with van der Waals surface area (Å²) in [5.74, 6) is -0.309. The second-order valence-electron chi connectivity index (χ2n) is 2.24. The topological polar surface area (TPSA) is 26.3 Å². The van der Waals surface area contributed by atoms with Gasteiger partial charge < -0.3 is 4.74 Å². The lowest BCUT2D eigenvalue weighted by atomic mass is 9.99. The maximum Gasteiger partial charge on any atom is 0.335 e. The highest BCUT2D eigenvalue weighted by atomic mass is 79.9. The monoisotopic (exact) mass is 278 g/mol. The number of halogens is 2. The fourth-order valence-electron chi connectivity index (χ4n) is 0.771. The number of hydrogen-bond donors (Lipinski definition) is 0.